The molecule has 0 aliphatic heterocycles. The molecular formula is C20H20N6O3. The largest absolute Gasteiger partial charge is 0.370 e. The standard InChI is InChI=1S/C20H20N6O3/c1-3-21-18-11-13(2)22-20(25-18)24-16-9-7-15(8-10-16)23-19(27)14-5-4-6-17(12-14)26(28)29/h4-12H,3H2,1-2H3,(H,23,27)(H2,21,22,24,25). The molecule has 0 aliphatic rings. The van der Waals surface area contributed by atoms with Crippen LogP contribution in [0.3, 0.4) is 0 Å². The van der Waals surface area contributed by atoms with E-state index in [1.54, 1.807) is 24.3 Å². The maximum absolute atomic E-state index is 12.3. The number of nitro groups is 1. The number of non-ortho nitro benzene ring substituents is 1. The van der Waals surface area contributed by atoms with Gasteiger partial charge in [0.15, 0.2) is 0 Å². The fourth-order valence-electron chi connectivity index (χ4n) is 2.63. The van der Waals surface area contributed by atoms with Crippen LogP contribution in [-0.4, -0.2) is 27.3 Å². The molecule has 1 amide bonds. The molecule has 29 heavy (non-hydrogen) atoms. The number of carbonyl (C=O) groups is 1. The van der Waals surface area contributed by atoms with Gasteiger partial charge in [-0.3, -0.25) is 14.9 Å². The van der Waals surface area contributed by atoms with Gasteiger partial charge in [0, 0.05) is 47.4 Å². The summed E-state index contributed by atoms with van der Waals surface area (Å²) < 4.78 is 0. The average Bonchev–Trinajstić information content (AvgIpc) is 2.69. The minimum atomic E-state index is -0.536. The number of nitro benzene ring substituents is 1. The second kappa shape index (κ2) is 8.79. The predicted octanol–water partition coefficient (Wildman–Crippen LogP) is 4.12. The highest BCUT2D eigenvalue weighted by Gasteiger charge is 2.11. The first-order chi connectivity index (χ1) is 13.9. The topological polar surface area (TPSA) is 122 Å². The monoisotopic (exact) mass is 392 g/mol. The molecule has 0 atom stereocenters. The lowest BCUT2D eigenvalue weighted by Gasteiger charge is -2.10. The lowest BCUT2D eigenvalue weighted by atomic mass is 10.2. The summed E-state index contributed by atoms with van der Waals surface area (Å²) in [6, 6.07) is 14.4. The van der Waals surface area contributed by atoms with Gasteiger partial charge in [-0.1, -0.05) is 6.07 Å². The number of nitrogens with one attached hydrogen (secondary N) is 3. The van der Waals surface area contributed by atoms with Crippen LogP contribution in [0.5, 0.6) is 0 Å². The molecule has 0 aliphatic carbocycles. The van der Waals surface area contributed by atoms with Gasteiger partial charge < -0.3 is 16.0 Å². The minimum absolute atomic E-state index is 0.132. The van der Waals surface area contributed by atoms with E-state index in [2.05, 4.69) is 25.9 Å². The minimum Gasteiger partial charge on any atom is -0.370 e. The quantitative estimate of drug-likeness (QED) is 0.408. The van der Waals surface area contributed by atoms with E-state index in [0.717, 1.165) is 23.7 Å². The summed E-state index contributed by atoms with van der Waals surface area (Å²) in [4.78, 5) is 31.4. The molecule has 3 aromatic rings. The molecule has 0 saturated carbocycles. The van der Waals surface area contributed by atoms with Crippen LogP contribution in [0.4, 0.5) is 28.8 Å². The number of benzene rings is 2. The van der Waals surface area contributed by atoms with E-state index in [1.807, 2.05) is 19.9 Å². The Hall–Kier alpha value is -4.01. The molecule has 0 unspecified atom stereocenters. The molecule has 3 rings (SSSR count). The van der Waals surface area contributed by atoms with E-state index in [9.17, 15) is 14.9 Å². The van der Waals surface area contributed by atoms with Crippen LogP contribution >= 0.6 is 0 Å². The summed E-state index contributed by atoms with van der Waals surface area (Å²) >= 11 is 0. The highest BCUT2D eigenvalue weighted by molar-refractivity contribution is 6.04. The zero-order chi connectivity index (χ0) is 20.8. The van der Waals surface area contributed by atoms with E-state index in [1.165, 1.54) is 24.3 Å². The summed E-state index contributed by atoms with van der Waals surface area (Å²) in [5.74, 6) is 0.782. The molecule has 0 radical (unpaired) electrons. The van der Waals surface area contributed by atoms with Crippen molar-refractivity contribution in [1.29, 1.82) is 0 Å². The molecule has 0 spiro atoms. The van der Waals surface area contributed by atoms with E-state index in [4.69, 9.17) is 0 Å². The van der Waals surface area contributed by atoms with Gasteiger partial charge in [0.1, 0.15) is 5.82 Å². The first-order valence-electron chi connectivity index (χ1n) is 8.97. The number of aryl methyl sites for hydroxylation is 1. The van der Waals surface area contributed by atoms with E-state index in [-0.39, 0.29) is 11.3 Å². The zero-order valence-corrected chi connectivity index (χ0v) is 16.0. The normalized spacial score (nSPS) is 10.3. The molecule has 3 N–H and O–H groups in total. The van der Waals surface area contributed by atoms with E-state index < -0.39 is 10.8 Å². The SMILES string of the molecule is CCNc1cc(C)nc(Nc2ccc(NC(=O)c3cccc([N+](=O)[O-])c3)cc2)n1. The molecule has 0 saturated heterocycles. The summed E-state index contributed by atoms with van der Waals surface area (Å²) in [6.45, 7) is 4.64. The molecule has 0 fully saturated rings. The van der Waals surface area contributed by atoms with Crippen LogP contribution in [0.2, 0.25) is 0 Å². The van der Waals surface area contributed by atoms with Gasteiger partial charge in [-0.25, -0.2) is 4.98 Å². The third-order valence-electron chi connectivity index (χ3n) is 3.93. The highest BCUT2D eigenvalue weighted by Crippen LogP contribution is 2.20. The number of anilines is 4. The Balaban J connectivity index is 1.68. The molecule has 1 heterocycles. The molecule has 0 bridgehead atoms. The lowest BCUT2D eigenvalue weighted by Crippen LogP contribution is -2.12. The number of nitrogens with zero attached hydrogens (tertiary/aromatic N) is 3. The molecule has 9 nitrogen and oxygen atoms in total. The number of rotatable bonds is 7. The fraction of sp³-hybridized carbons (Fsp3) is 0.150. The Kier molecular flexibility index (Phi) is 5.98. The average molecular weight is 392 g/mol. The van der Waals surface area contributed by atoms with Crippen LogP contribution in [0.1, 0.15) is 23.0 Å². The third kappa shape index (κ3) is 5.25. The number of carbonyl (C=O) groups excluding carboxylic acids is 1. The van der Waals surface area contributed by atoms with Gasteiger partial charge in [0.05, 0.1) is 4.92 Å². The van der Waals surface area contributed by atoms with Gasteiger partial charge in [-0.15, -0.1) is 0 Å². The smallest absolute Gasteiger partial charge is 0.270 e. The molecule has 148 valence electrons. The third-order valence-corrected chi connectivity index (χ3v) is 3.93. The van der Waals surface area contributed by atoms with Gasteiger partial charge in [0.25, 0.3) is 11.6 Å². The Labute approximate surface area is 167 Å². The van der Waals surface area contributed by atoms with Crippen molar-refractivity contribution in [3.8, 4) is 0 Å². The predicted molar refractivity (Wildman–Crippen MR) is 112 cm³/mol. The Morgan fingerprint density at radius 1 is 1.07 bits per heavy atom. The Morgan fingerprint density at radius 2 is 1.79 bits per heavy atom. The second-order valence-electron chi connectivity index (χ2n) is 6.21. The van der Waals surface area contributed by atoms with Crippen molar-refractivity contribution >= 4 is 34.7 Å². The Morgan fingerprint density at radius 3 is 2.48 bits per heavy atom. The van der Waals surface area contributed by atoms with Crippen molar-refractivity contribution in [3.05, 3.63) is 76.0 Å². The van der Waals surface area contributed by atoms with Crippen molar-refractivity contribution in [1.82, 2.24) is 9.97 Å². The van der Waals surface area contributed by atoms with Gasteiger partial charge in [0.2, 0.25) is 5.95 Å². The maximum Gasteiger partial charge on any atom is 0.270 e. The van der Waals surface area contributed by atoms with Crippen molar-refractivity contribution < 1.29 is 9.72 Å². The summed E-state index contributed by atoms with van der Waals surface area (Å²) in [7, 11) is 0. The Bertz CT molecular complexity index is 1040. The van der Waals surface area contributed by atoms with Crippen LogP contribution < -0.4 is 16.0 Å². The van der Waals surface area contributed by atoms with Gasteiger partial charge in [-0.2, -0.15) is 4.98 Å². The van der Waals surface area contributed by atoms with Gasteiger partial charge >= 0.3 is 0 Å². The number of amides is 1. The summed E-state index contributed by atoms with van der Waals surface area (Å²) in [5, 5.41) is 19.8. The number of hydrogen-bond donors (Lipinski definition) is 3. The summed E-state index contributed by atoms with van der Waals surface area (Å²) in [5.41, 5.74) is 2.23. The lowest BCUT2D eigenvalue weighted by molar-refractivity contribution is -0.384. The second-order valence-corrected chi connectivity index (χ2v) is 6.21. The molecule has 1 aromatic heterocycles. The number of hydrogen-bond acceptors (Lipinski definition) is 7. The van der Waals surface area contributed by atoms with Gasteiger partial charge in [-0.05, 0) is 44.2 Å². The highest BCUT2D eigenvalue weighted by atomic mass is 16.6. The van der Waals surface area contributed by atoms with Crippen molar-refractivity contribution in [2.24, 2.45) is 0 Å². The van der Waals surface area contributed by atoms with E-state index >= 15 is 0 Å². The first-order valence-corrected chi connectivity index (χ1v) is 8.97. The van der Waals surface area contributed by atoms with Crippen molar-refractivity contribution in [2.45, 2.75) is 13.8 Å². The van der Waals surface area contributed by atoms with Crippen molar-refractivity contribution in [2.75, 3.05) is 22.5 Å². The van der Waals surface area contributed by atoms with Crippen molar-refractivity contribution in [3.63, 3.8) is 0 Å². The molecule has 2 aromatic carbocycles. The summed E-state index contributed by atoms with van der Waals surface area (Å²) in [6.07, 6.45) is 0. The zero-order valence-electron chi connectivity index (χ0n) is 16.0. The van der Waals surface area contributed by atoms with E-state index in [0.29, 0.717) is 11.6 Å². The van der Waals surface area contributed by atoms with Crippen LogP contribution in [0, 0.1) is 17.0 Å². The van der Waals surface area contributed by atoms with Crippen LogP contribution in [-0.2, 0) is 0 Å². The maximum atomic E-state index is 12.3. The molecular weight excluding hydrogens is 372 g/mol. The van der Waals surface area contributed by atoms with Crippen LogP contribution in [0.25, 0.3) is 0 Å². The first kappa shape index (κ1) is 19.7. The van der Waals surface area contributed by atoms with Crippen LogP contribution in [0.15, 0.2) is 54.6 Å². The fourth-order valence-corrected chi connectivity index (χ4v) is 2.63. The number of aromatic nitrogens is 2. The molecule has 9 heteroatoms.